The van der Waals surface area contributed by atoms with Crippen molar-refractivity contribution in [1.29, 1.82) is 0 Å². The second-order valence-corrected chi connectivity index (χ2v) is 5.82. The highest BCUT2D eigenvalue weighted by Gasteiger charge is 2.08. The van der Waals surface area contributed by atoms with Crippen LogP contribution < -0.4 is 15.4 Å². The molecule has 0 radical (unpaired) electrons. The minimum absolute atomic E-state index is 0.275. The van der Waals surface area contributed by atoms with Crippen LogP contribution in [0.2, 0.25) is 0 Å². The molecule has 0 saturated heterocycles. The van der Waals surface area contributed by atoms with Gasteiger partial charge in [0.05, 0.1) is 12.7 Å². The van der Waals surface area contributed by atoms with Gasteiger partial charge in [0.15, 0.2) is 0 Å². The van der Waals surface area contributed by atoms with Crippen LogP contribution in [0.5, 0.6) is 5.75 Å². The minimum Gasteiger partial charge on any atom is -0.497 e. The van der Waals surface area contributed by atoms with Crippen molar-refractivity contribution in [2.75, 3.05) is 17.7 Å². The number of anilines is 2. The zero-order valence-electron chi connectivity index (χ0n) is 14.7. The summed E-state index contributed by atoms with van der Waals surface area (Å²) in [5.41, 5.74) is 3.38. The van der Waals surface area contributed by atoms with Crippen LogP contribution in [0.4, 0.5) is 11.6 Å². The molecule has 0 unspecified atom stereocenters. The van der Waals surface area contributed by atoms with E-state index in [0.717, 1.165) is 5.56 Å². The fourth-order valence-electron chi connectivity index (χ4n) is 2.44. The largest absolute Gasteiger partial charge is 0.497 e. The quantitative estimate of drug-likeness (QED) is 0.711. The normalized spacial score (nSPS) is 10.2. The van der Waals surface area contributed by atoms with Gasteiger partial charge >= 0.3 is 0 Å². The smallest absolute Gasteiger partial charge is 0.258 e. The third-order valence-electron chi connectivity index (χ3n) is 3.77. The summed E-state index contributed by atoms with van der Waals surface area (Å²) in [6.07, 6.45) is 3.00. The average molecular weight is 348 g/mol. The molecular formula is C20H20N4O2. The van der Waals surface area contributed by atoms with E-state index in [2.05, 4.69) is 39.7 Å². The molecule has 0 saturated carbocycles. The lowest BCUT2D eigenvalue weighted by molar-refractivity contribution is 0.102. The summed E-state index contributed by atoms with van der Waals surface area (Å²) in [6.45, 7) is 2.67. The van der Waals surface area contributed by atoms with Gasteiger partial charge in [-0.3, -0.25) is 4.79 Å². The number of hydrogen-bond acceptors (Lipinski definition) is 5. The van der Waals surface area contributed by atoms with Gasteiger partial charge < -0.3 is 15.4 Å². The van der Waals surface area contributed by atoms with Crippen LogP contribution in [-0.4, -0.2) is 23.0 Å². The van der Waals surface area contributed by atoms with Gasteiger partial charge in [0.1, 0.15) is 5.75 Å². The molecule has 0 aliphatic heterocycles. The molecule has 0 atom stereocenters. The summed E-state index contributed by atoms with van der Waals surface area (Å²) in [6, 6.07) is 15.4. The highest BCUT2D eigenvalue weighted by Crippen LogP contribution is 2.17. The van der Waals surface area contributed by atoms with E-state index < -0.39 is 0 Å². The van der Waals surface area contributed by atoms with E-state index in [4.69, 9.17) is 4.74 Å². The van der Waals surface area contributed by atoms with E-state index in [0.29, 0.717) is 29.5 Å². The Morgan fingerprint density at radius 3 is 2.58 bits per heavy atom. The molecule has 0 bridgehead atoms. The number of amides is 1. The SMILES string of the molecule is COc1cccc(NC(=O)c2cnc(NCc3cccc(C)c3)nc2)c1. The molecule has 132 valence electrons. The lowest BCUT2D eigenvalue weighted by Gasteiger charge is -2.08. The Bertz CT molecular complexity index is 894. The molecular weight excluding hydrogens is 328 g/mol. The Morgan fingerprint density at radius 2 is 1.85 bits per heavy atom. The zero-order chi connectivity index (χ0) is 18.4. The Hall–Kier alpha value is -3.41. The number of aryl methyl sites for hydroxylation is 1. The molecule has 3 aromatic rings. The second-order valence-electron chi connectivity index (χ2n) is 5.82. The van der Waals surface area contributed by atoms with E-state index in [9.17, 15) is 4.79 Å². The number of rotatable bonds is 6. The van der Waals surface area contributed by atoms with Crippen LogP contribution in [-0.2, 0) is 6.54 Å². The first-order valence-electron chi connectivity index (χ1n) is 8.21. The third kappa shape index (κ3) is 4.57. The summed E-state index contributed by atoms with van der Waals surface area (Å²) >= 11 is 0. The molecule has 26 heavy (non-hydrogen) atoms. The van der Waals surface area contributed by atoms with Gasteiger partial charge in [-0.25, -0.2) is 9.97 Å². The molecule has 1 amide bonds. The Kier molecular flexibility index (Phi) is 5.43. The van der Waals surface area contributed by atoms with Gasteiger partial charge in [0.2, 0.25) is 5.95 Å². The van der Waals surface area contributed by atoms with Crippen molar-refractivity contribution in [3.63, 3.8) is 0 Å². The first-order valence-corrected chi connectivity index (χ1v) is 8.21. The van der Waals surface area contributed by atoms with Crippen LogP contribution in [0.15, 0.2) is 60.9 Å². The van der Waals surface area contributed by atoms with Crippen LogP contribution in [0.1, 0.15) is 21.5 Å². The fourth-order valence-corrected chi connectivity index (χ4v) is 2.44. The second kappa shape index (κ2) is 8.11. The van der Waals surface area contributed by atoms with Crippen LogP contribution in [0.3, 0.4) is 0 Å². The molecule has 1 aromatic heterocycles. The van der Waals surface area contributed by atoms with E-state index in [1.54, 1.807) is 19.2 Å². The van der Waals surface area contributed by atoms with E-state index >= 15 is 0 Å². The predicted molar refractivity (Wildman–Crippen MR) is 101 cm³/mol. The molecule has 3 rings (SSSR count). The number of aromatic nitrogens is 2. The Labute approximate surface area is 152 Å². The highest BCUT2D eigenvalue weighted by molar-refractivity contribution is 6.03. The van der Waals surface area contributed by atoms with Crippen molar-refractivity contribution >= 4 is 17.5 Å². The van der Waals surface area contributed by atoms with Gasteiger partial charge in [-0.1, -0.05) is 35.9 Å². The third-order valence-corrected chi connectivity index (χ3v) is 3.77. The maximum atomic E-state index is 12.3. The van der Waals surface area contributed by atoms with Gasteiger partial charge in [0, 0.05) is 30.7 Å². The van der Waals surface area contributed by atoms with Crippen molar-refractivity contribution in [2.45, 2.75) is 13.5 Å². The lowest BCUT2D eigenvalue weighted by atomic mass is 10.1. The average Bonchev–Trinajstić information content (AvgIpc) is 2.67. The first-order chi connectivity index (χ1) is 12.6. The number of nitrogens with zero attached hydrogens (tertiary/aromatic N) is 2. The maximum Gasteiger partial charge on any atom is 0.258 e. The number of carbonyl (C=O) groups is 1. The molecule has 2 aromatic carbocycles. The van der Waals surface area contributed by atoms with Crippen molar-refractivity contribution in [3.8, 4) is 5.75 Å². The summed E-state index contributed by atoms with van der Waals surface area (Å²) in [7, 11) is 1.58. The summed E-state index contributed by atoms with van der Waals surface area (Å²) < 4.78 is 5.14. The number of carbonyl (C=O) groups excluding carboxylic acids is 1. The van der Waals surface area contributed by atoms with E-state index in [-0.39, 0.29) is 5.91 Å². The van der Waals surface area contributed by atoms with Crippen LogP contribution in [0.25, 0.3) is 0 Å². The fraction of sp³-hybridized carbons (Fsp3) is 0.150. The molecule has 0 aliphatic carbocycles. The number of nitrogens with one attached hydrogen (secondary N) is 2. The van der Waals surface area contributed by atoms with E-state index in [1.165, 1.54) is 18.0 Å². The van der Waals surface area contributed by atoms with Crippen molar-refractivity contribution in [1.82, 2.24) is 9.97 Å². The topological polar surface area (TPSA) is 76.1 Å². The van der Waals surface area contributed by atoms with Crippen LogP contribution >= 0.6 is 0 Å². The van der Waals surface area contributed by atoms with Crippen molar-refractivity contribution in [2.24, 2.45) is 0 Å². The van der Waals surface area contributed by atoms with Gasteiger partial charge in [0.25, 0.3) is 5.91 Å². The van der Waals surface area contributed by atoms with E-state index in [1.807, 2.05) is 24.3 Å². The van der Waals surface area contributed by atoms with Crippen molar-refractivity contribution in [3.05, 3.63) is 77.6 Å². The molecule has 0 fully saturated rings. The standard InChI is InChI=1S/C20H20N4O2/c1-14-5-3-6-15(9-14)11-21-20-22-12-16(13-23-20)19(25)24-17-7-4-8-18(10-17)26-2/h3-10,12-13H,11H2,1-2H3,(H,24,25)(H,21,22,23). The molecule has 1 heterocycles. The van der Waals surface area contributed by atoms with Gasteiger partial charge in [-0.05, 0) is 24.6 Å². The predicted octanol–water partition coefficient (Wildman–Crippen LogP) is 3.66. The lowest BCUT2D eigenvalue weighted by Crippen LogP contribution is -2.13. The monoisotopic (exact) mass is 348 g/mol. The summed E-state index contributed by atoms with van der Waals surface area (Å²) in [5.74, 6) is 0.877. The number of methoxy groups -OCH3 is 1. The molecule has 2 N–H and O–H groups in total. The summed E-state index contributed by atoms with van der Waals surface area (Å²) in [4.78, 5) is 20.7. The number of ether oxygens (including phenoxy) is 1. The highest BCUT2D eigenvalue weighted by atomic mass is 16.5. The Balaban J connectivity index is 1.60. The van der Waals surface area contributed by atoms with Crippen molar-refractivity contribution < 1.29 is 9.53 Å². The minimum atomic E-state index is -0.275. The zero-order valence-corrected chi connectivity index (χ0v) is 14.7. The number of hydrogen-bond donors (Lipinski definition) is 2. The summed E-state index contributed by atoms with van der Waals surface area (Å²) in [5, 5.41) is 5.95. The van der Waals surface area contributed by atoms with Gasteiger partial charge in [-0.15, -0.1) is 0 Å². The molecule has 0 aliphatic rings. The van der Waals surface area contributed by atoms with Crippen LogP contribution in [0, 0.1) is 6.92 Å². The Morgan fingerprint density at radius 1 is 1.08 bits per heavy atom. The maximum absolute atomic E-state index is 12.3. The first kappa shape index (κ1) is 17.4. The molecule has 0 spiro atoms. The number of benzene rings is 2. The van der Waals surface area contributed by atoms with Gasteiger partial charge in [-0.2, -0.15) is 0 Å². The molecule has 6 nitrogen and oxygen atoms in total. The molecule has 6 heteroatoms.